The molecule has 2 N–H and O–H groups in total. The van der Waals surface area contributed by atoms with Crippen molar-refractivity contribution in [2.45, 2.75) is 13.0 Å². The molecule has 12 heteroatoms. The standard InChI is InChI=1S/C12H15N7O3.CH2O2/c1-7-13-5-8(11(20)14-7)12(21)19-3-4-22-9(6-19)10-15-16-17-18(10)2;2-1-3/h5,9H,3-4,6H2,1-2H3,(H,13,14,20);1H,(H,2,3). The van der Waals surface area contributed by atoms with Crippen molar-refractivity contribution in [3.8, 4) is 0 Å². The first-order chi connectivity index (χ1) is 12.0. The molecule has 2 aromatic heterocycles. The van der Waals surface area contributed by atoms with Gasteiger partial charge in [-0.05, 0) is 17.4 Å². The molecule has 0 radical (unpaired) electrons. The van der Waals surface area contributed by atoms with E-state index >= 15 is 0 Å². The third-order valence-electron chi connectivity index (χ3n) is 3.45. The lowest BCUT2D eigenvalue weighted by molar-refractivity contribution is -0.122. The van der Waals surface area contributed by atoms with Gasteiger partial charge in [0.25, 0.3) is 17.9 Å². The molecule has 3 heterocycles. The molecule has 25 heavy (non-hydrogen) atoms. The lowest BCUT2D eigenvalue weighted by Crippen LogP contribution is -2.44. The second-order valence-electron chi connectivity index (χ2n) is 5.09. The number of nitrogens with zero attached hydrogens (tertiary/aromatic N) is 6. The number of ether oxygens (including phenoxy) is 1. The summed E-state index contributed by atoms with van der Waals surface area (Å²) in [5, 5.41) is 18.1. The minimum absolute atomic E-state index is 0.0161. The first-order valence-electron chi connectivity index (χ1n) is 7.24. The van der Waals surface area contributed by atoms with E-state index in [1.54, 1.807) is 18.9 Å². The summed E-state index contributed by atoms with van der Waals surface area (Å²) in [5.41, 5.74) is -0.428. The van der Waals surface area contributed by atoms with Crippen molar-refractivity contribution in [3.63, 3.8) is 0 Å². The van der Waals surface area contributed by atoms with E-state index in [1.165, 1.54) is 10.9 Å². The quantitative estimate of drug-likeness (QED) is 0.615. The fourth-order valence-electron chi connectivity index (χ4n) is 2.31. The third kappa shape index (κ3) is 4.23. The average Bonchev–Trinajstić information content (AvgIpc) is 3.01. The highest BCUT2D eigenvalue weighted by molar-refractivity contribution is 5.93. The van der Waals surface area contributed by atoms with Crippen molar-refractivity contribution in [2.24, 2.45) is 7.05 Å². The van der Waals surface area contributed by atoms with Crippen LogP contribution in [0.4, 0.5) is 0 Å². The normalized spacial score (nSPS) is 16.7. The van der Waals surface area contributed by atoms with Gasteiger partial charge in [-0.1, -0.05) is 0 Å². The molecule has 134 valence electrons. The summed E-state index contributed by atoms with van der Waals surface area (Å²) >= 11 is 0. The number of aromatic nitrogens is 6. The maximum atomic E-state index is 12.5. The van der Waals surface area contributed by atoms with E-state index in [4.69, 9.17) is 14.6 Å². The Kier molecular flexibility index (Phi) is 5.89. The number of carbonyl (C=O) groups excluding carboxylic acids is 1. The molecule has 1 aliphatic rings. The zero-order valence-corrected chi connectivity index (χ0v) is 13.6. The van der Waals surface area contributed by atoms with Crippen LogP contribution >= 0.6 is 0 Å². The second kappa shape index (κ2) is 8.10. The molecule has 3 rings (SSSR count). The number of carbonyl (C=O) groups is 2. The maximum absolute atomic E-state index is 12.5. The van der Waals surface area contributed by atoms with Gasteiger partial charge in [0.2, 0.25) is 0 Å². The zero-order chi connectivity index (χ0) is 18.4. The Hall–Kier alpha value is -3.15. The van der Waals surface area contributed by atoms with Crippen LogP contribution in [0.25, 0.3) is 0 Å². The van der Waals surface area contributed by atoms with Gasteiger partial charge < -0.3 is 19.7 Å². The first kappa shape index (κ1) is 18.2. The monoisotopic (exact) mass is 351 g/mol. The molecule has 0 saturated carbocycles. The minimum Gasteiger partial charge on any atom is -0.483 e. The van der Waals surface area contributed by atoms with Gasteiger partial charge in [0.05, 0.1) is 13.2 Å². The molecular formula is C13H17N7O5. The summed E-state index contributed by atoms with van der Waals surface area (Å²) in [6, 6.07) is 0. The average molecular weight is 351 g/mol. The van der Waals surface area contributed by atoms with Gasteiger partial charge >= 0.3 is 0 Å². The van der Waals surface area contributed by atoms with Crippen LogP contribution in [0.1, 0.15) is 28.1 Å². The number of morpholine rings is 1. The second-order valence-corrected chi connectivity index (χ2v) is 5.09. The largest absolute Gasteiger partial charge is 0.483 e. The molecule has 0 spiro atoms. The van der Waals surface area contributed by atoms with Gasteiger partial charge in [-0.2, -0.15) is 0 Å². The predicted octanol–water partition coefficient (Wildman–Crippen LogP) is -1.48. The minimum atomic E-state index is -0.444. The summed E-state index contributed by atoms with van der Waals surface area (Å²) in [6.45, 7) is 2.43. The molecule has 1 amide bonds. The lowest BCUT2D eigenvalue weighted by atomic mass is 10.2. The molecule has 0 aliphatic carbocycles. The summed E-state index contributed by atoms with van der Waals surface area (Å²) in [5.74, 6) is 0.622. The Morgan fingerprint density at radius 2 is 2.24 bits per heavy atom. The highest BCUT2D eigenvalue weighted by Gasteiger charge is 2.30. The van der Waals surface area contributed by atoms with Crippen LogP contribution in [-0.4, -0.2) is 72.3 Å². The number of rotatable bonds is 2. The SMILES string of the molecule is Cc1ncc(C(=O)N2CCOC(c3nnnn3C)C2)c(=O)[nH]1.O=CO. The van der Waals surface area contributed by atoms with Crippen molar-refractivity contribution in [1.29, 1.82) is 0 Å². The summed E-state index contributed by atoms with van der Waals surface area (Å²) in [6.07, 6.45) is 0.875. The van der Waals surface area contributed by atoms with Crippen LogP contribution in [0.2, 0.25) is 0 Å². The molecule has 1 fully saturated rings. The number of H-pyrrole nitrogens is 1. The zero-order valence-electron chi connectivity index (χ0n) is 13.6. The van der Waals surface area contributed by atoms with Gasteiger partial charge in [0.15, 0.2) is 5.82 Å². The Morgan fingerprint density at radius 1 is 1.52 bits per heavy atom. The van der Waals surface area contributed by atoms with Crippen LogP contribution in [0.5, 0.6) is 0 Å². The topological polar surface area (TPSA) is 156 Å². The molecule has 2 aromatic rings. The van der Waals surface area contributed by atoms with Crippen LogP contribution in [-0.2, 0) is 16.6 Å². The molecule has 0 aromatic carbocycles. The number of amides is 1. The molecular weight excluding hydrogens is 334 g/mol. The van der Waals surface area contributed by atoms with E-state index in [2.05, 4.69) is 25.5 Å². The number of aryl methyl sites for hydroxylation is 2. The highest BCUT2D eigenvalue weighted by atomic mass is 16.5. The van der Waals surface area contributed by atoms with Crippen molar-refractivity contribution in [3.05, 3.63) is 33.8 Å². The van der Waals surface area contributed by atoms with Gasteiger partial charge in [-0.25, -0.2) is 9.67 Å². The first-order valence-corrected chi connectivity index (χ1v) is 7.24. The van der Waals surface area contributed by atoms with Crippen molar-refractivity contribution >= 4 is 12.4 Å². The van der Waals surface area contributed by atoms with Gasteiger partial charge in [0.1, 0.15) is 17.5 Å². The van der Waals surface area contributed by atoms with Crippen molar-refractivity contribution < 1.29 is 19.4 Å². The Bertz CT molecular complexity index is 802. The van der Waals surface area contributed by atoms with Crippen LogP contribution < -0.4 is 5.56 Å². The third-order valence-corrected chi connectivity index (χ3v) is 3.45. The lowest BCUT2D eigenvalue weighted by Gasteiger charge is -2.31. The molecule has 1 saturated heterocycles. The summed E-state index contributed by atoms with van der Waals surface area (Å²) in [4.78, 5) is 40.8. The van der Waals surface area contributed by atoms with E-state index in [0.717, 1.165) is 0 Å². The van der Waals surface area contributed by atoms with Gasteiger partial charge in [-0.15, -0.1) is 5.10 Å². The molecule has 12 nitrogen and oxygen atoms in total. The fourth-order valence-corrected chi connectivity index (χ4v) is 2.31. The van der Waals surface area contributed by atoms with E-state index in [9.17, 15) is 9.59 Å². The van der Waals surface area contributed by atoms with Gasteiger partial charge in [0, 0.05) is 19.8 Å². The summed E-state index contributed by atoms with van der Waals surface area (Å²) < 4.78 is 7.11. The molecule has 1 aliphatic heterocycles. The number of tetrazole rings is 1. The summed E-state index contributed by atoms with van der Waals surface area (Å²) in [7, 11) is 1.70. The highest BCUT2D eigenvalue weighted by Crippen LogP contribution is 2.20. The van der Waals surface area contributed by atoms with E-state index in [0.29, 0.717) is 24.8 Å². The van der Waals surface area contributed by atoms with Gasteiger partial charge in [-0.3, -0.25) is 14.4 Å². The number of hydrogen-bond donors (Lipinski definition) is 2. The number of nitrogens with one attached hydrogen (secondary N) is 1. The van der Waals surface area contributed by atoms with E-state index < -0.39 is 11.7 Å². The molecule has 1 unspecified atom stereocenters. The Balaban J connectivity index is 0.000000701. The van der Waals surface area contributed by atoms with Crippen LogP contribution in [0, 0.1) is 6.92 Å². The van der Waals surface area contributed by atoms with Crippen molar-refractivity contribution in [2.75, 3.05) is 19.7 Å². The molecule has 0 bridgehead atoms. The number of hydrogen-bond acceptors (Lipinski definition) is 8. The van der Waals surface area contributed by atoms with Crippen molar-refractivity contribution in [1.82, 2.24) is 35.1 Å². The van der Waals surface area contributed by atoms with E-state index in [-0.39, 0.29) is 24.5 Å². The number of carboxylic acid groups (broad SMARTS) is 1. The Morgan fingerprint density at radius 3 is 2.84 bits per heavy atom. The molecule has 1 atom stereocenters. The van der Waals surface area contributed by atoms with Crippen LogP contribution in [0.3, 0.4) is 0 Å². The number of aromatic amines is 1. The maximum Gasteiger partial charge on any atom is 0.290 e. The predicted molar refractivity (Wildman–Crippen MR) is 81.7 cm³/mol. The smallest absolute Gasteiger partial charge is 0.290 e. The van der Waals surface area contributed by atoms with E-state index in [1.807, 2.05) is 0 Å². The van der Waals surface area contributed by atoms with Crippen LogP contribution in [0.15, 0.2) is 11.0 Å². The fraction of sp³-hybridized carbons (Fsp3) is 0.462. The Labute approximate surface area is 141 Å².